The molecule has 1 aliphatic heterocycles. The Balaban J connectivity index is 0.00000338. The summed E-state index contributed by atoms with van der Waals surface area (Å²) in [5, 5.41) is 3.32. The van der Waals surface area contributed by atoms with Crippen molar-refractivity contribution >= 4 is 28.3 Å². The monoisotopic (exact) mass is 405 g/mol. The summed E-state index contributed by atoms with van der Waals surface area (Å²) >= 11 is 0. The van der Waals surface area contributed by atoms with Gasteiger partial charge in [0.15, 0.2) is 0 Å². The van der Waals surface area contributed by atoms with Crippen molar-refractivity contribution in [3.8, 4) is 5.75 Å². The van der Waals surface area contributed by atoms with Gasteiger partial charge in [0.05, 0.1) is 11.5 Å². The summed E-state index contributed by atoms with van der Waals surface area (Å²) in [6.07, 6.45) is 0.146. The van der Waals surface area contributed by atoms with Crippen molar-refractivity contribution in [1.82, 2.24) is 14.9 Å². The number of hydrogen-bond donors (Lipinski definition) is 2. The Labute approximate surface area is 161 Å². The van der Waals surface area contributed by atoms with Crippen LogP contribution in [0, 0.1) is 0 Å². The van der Waals surface area contributed by atoms with Gasteiger partial charge in [-0.15, -0.1) is 12.4 Å². The fraction of sp³-hybridized carbons (Fsp3) is 0.588. The third-order valence-electron chi connectivity index (χ3n) is 4.43. The van der Waals surface area contributed by atoms with E-state index in [1.807, 2.05) is 25.7 Å². The average Bonchev–Trinajstić information content (AvgIpc) is 2.58. The number of rotatable bonds is 7. The molecule has 0 aromatic heterocycles. The highest BCUT2D eigenvalue weighted by Crippen LogP contribution is 2.16. The Morgan fingerprint density at radius 2 is 1.96 bits per heavy atom. The van der Waals surface area contributed by atoms with Gasteiger partial charge in [-0.25, -0.2) is 13.1 Å². The van der Waals surface area contributed by atoms with Crippen molar-refractivity contribution in [2.45, 2.75) is 44.2 Å². The molecule has 2 atom stereocenters. The van der Waals surface area contributed by atoms with Gasteiger partial charge in [0, 0.05) is 38.1 Å². The lowest BCUT2D eigenvalue weighted by Crippen LogP contribution is -2.57. The normalized spacial score (nSPS) is 20.3. The van der Waals surface area contributed by atoms with E-state index < -0.39 is 10.0 Å². The van der Waals surface area contributed by atoms with Crippen molar-refractivity contribution in [2.75, 3.05) is 26.2 Å². The van der Waals surface area contributed by atoms with Crippen LogP contribution in [0.5, 0.6) is 5.75 Å². The van der Waals surface area contributed by atoms with Gasteiger partial charge in [0.25, 0.3) is 0 Å². The number of nitrogens with zero attached hydrogens (tertiary/aromatic N) is 1. The lowest BCUT2D eigenvalue weighted by Gasteiger charge is -2.38. The zero-order chi connectivity index (χ0) is 18.4. The number of piperazine rings is 1. The highest BCUT2D eigenvalue weighted by Gasteiger charge is 2.27. The van der Waals surface area contributed by atoms with Crippen LogP contribution in [0.4, 0.5) is 0 Å². The van der Waals surface area contributed by atoms with E-state index >= 15 is 0 Å². The number of carbonyl (C=O) groups is 1. The zero-order valence-corrected chi connectivity index (χ0v) is 17.0. The lowest BCUT2D eigenvalue weighted by atomic mass is 10.1. The molecule has 26 heavy (non-hydrogen) atoms. The van der Waals surface area contributed by atoms with Gasteiger partial charge in [-0.1, -0.05) is 0 Å². The van der Waals surface area contributed by atoms with Gasteiger partial charge in [-0.3, -0.25) is 4.79 Å². The molecular weight excluding hydrogens is 378 g/mol. The summed E-state index contributed by atoms with van der Waals surface area (Å²) in [7, 11) is -3.63. The van der Waals surface area contributed by atoms with Crippen LogP contribution in [0.3, 0.4) is 0 Å². The number of sulfonamides is 1. The molecule has 0 radical (unpaired) electrons. The Kier molecular flexibility index (Phi) is 8.82. The topological polar surface area (TPSA) is 87.7 Å². The van der Waals surface area contributed by atoms with E-state index in [4.69, 9.17) is 4.74 Å². The van der Waals surface area contributed by atoms with Gasteiger partial charge < -0.3 is 15.0 Å². The number of benzene rings is 1. The van der Waals surface area contributed by atoms with E-state index in [1.54, 1.807) is 12.1 Å². The summed E-state index contributed by atoms with van der Waals surface area (Å²) in [6, 6.07) is 6.56. The number of hydrogen-bond acceptors (Lipinski definition) is 5. The molecular formula is C17H28ClN3O4S. The first-order valence-corrected chi connectivity index (χ1v) is 10.1. The highest BCUT2D eigenvalue weighted by molar-refractivity contribution is 7.89. The van der Waals surface area contributed by atoms with E-state index in [2.05, 4.69) is 10.0 Å². The zero-order valence-electron chi connectivity index (χ0n) is 15.4. The maximum absolute atomic E-state index is 12.3. The van der Waals surface area contributed by atoms with Crippen molar-refractivity contribution in [3.63, 3.8) is 0 Å². The molecule has 2 unspecified atom stereocenters. The summed E-state index contributed by atoms with van der Waals surface area (Å²) in [5.74, 6) is 0.591. The molecule has 1 aromatic rings. The summed E-state index contributed by atoms with van der Waals surface area (Å²) in [6.45, 7) is 7.92. The first-order chi connectivity index (χ1) is 11.8. The number of carbonyl (C=O) groups excluding carboxylic acids is 1. The molecule has 0 aliphatic carbocycles. The van der Waals surface area contributed by atoms with Crippen molar-refractivity contribution in [2.24, 2.45) is 0 Å². The van der Waals surface area contributed by atoms with Gasteiger partial charge in [-0.2, -0.15) is 0 Å². The molecule has 2 rings (SSSR count). The fourth-order valence-electron chi connectivity index (χ4n) is 2.81. The molecule has 148 valence electrons. The molecule has 1 amide bonds. The minimum atomic E-state index is -3.63. The fourth-order valence-corrected chi connectivity index (χ4v) is 3.84. The van der Waals surface area contributed by atoms with E-state index in [9.17, 15) is 13.2 Å². The Morgan fingerprint density at radius 1 is 1.31 bits per heavy atom. The number of amides is 1. The van der Waals surface area contributed by atoms with Gasteiger partial charge >= 0.3 is 0 Å². The Hall–Kier alpha value is -1.35. The number of nitrogens with one attached hydrogen (secondary N) is 2. The van der Waals surface area contributed by atoms with Crippen LogP contribution in [-0.4, -0.2) is 57.5 Å². The van der Waals surface area contributed by atoms with Crippen LogP contribution < -0.4 is 14.8 Å². The van der Waals surface area contributed by atoms with Crippen LogP contribution in [0.25, 0.3) is 0 Å². The third kappa shape index (κ3) is 5.84. The Morgan fingerprint density at radius 3 is 2.58 bits per heavy atom. The minimum absolute atomic E-state index is 0. The second kappa shape index (κ2) is 10.1. The molecule has 0 saturated carbocycles. The van der Waals surface area contributed by atoms with Crippen LogP contribution in [0.15, 0.2) is 29.2 Å². The van der Waals surface area contributed by atoms with Crippen LogP contribution in [-0.2, 0) is 14.8 Å². The van der Waals surface area contributed by atoms with Crippen molar-refractivity contribution in [1.29, 1.82) is 0 Å². The SMILES string of the molecule is CCOc1ccc(S(=O)(=O)NCCC(=O)N2CCNC(C)C2C)cc1.Cl. The summed E-state index contributed by atoms with van der Waals surface area (Å²) in [4.78, 5) is 14.3. The molecule has 1 aliphatic rings. The van der Waals surface area contributed by atoms with Crippen LogP contribution >= 0.6 is 12.4 Å². The lowest BCUT2D eigenvalue weighted by molar-refractivity contribution is -0.134. The standard InChI is InChI=1S/C17H27N3O4S.ClH/c1-4-24-15-5-7-16(8-6-15)25(22,23)19-10-9-17(21)20-12-11-18-13(2)14(20)3;/h5-8,13-14,18-19H,4,9-12H2,1-3H3;1H. The van der Waals surface area contributed by atoms with Crippen molar-refractivity contribution in [3.05, 3.63) is 24.3 Å². The molecule has 1 saturated heterocycles. The maximum atomic E-state index is 12.3. The first-order valence-electron chi connectivity index (χ1n) is 8.60. The maximum Gasteiger partial charge on any atom is 0.240 e. The van der Waals surface area contributed by atoms with E-state index in [0.717, 1.165) is 6.54 Å². The van der Waals surface area contributed by atoms with Crippen molar-refractivity contribution < 1.29 is 17.9 Å². The second-order valence-electron chi connectivity index (χ2n) is 6.12. The van der Waals surface area contributed by atoms with E-state index in [0.29, 0.717) is 18.9 Å². The number of halogens is 1. The predicted octanol–water partition coefficient (Wildman–Crippen LogP) is 1.38. The molecule has 0 spiro atoms. The first kappa shape index (κ1) is 22.7. The van der Waals surface area contributed by atoms with Gasteiger partial charge in [-0.05, 0) is 45.0 Å². The van der Waals surface area contributed by atoms with Gasteiger partial charge in [0.1, 0.15) is 5.75 Å². The minimum Gasteiger partial charge on any atom is -0.494 e. The van der Waals surface area contributed by atoms with E-state index in [1.165, 1.54) is 12.1 Å². The van der Waals surface area contributed by atoms with E-state index in [-0.39, 0.29) is 48.3 Å². The average molecular weight is 406 g/mol. The highest BCUT2D eigenvalue weighted by atomic mass is 35.5. The molecule has 1 heterocycles. The molecule has 9 heteroatoms. The molecule has 1 fully saturated rings. The number of ether oxygens (including phenoxy) is 1. The smallest absolute Gasteiger partial charge is 0.240 e. The summed E-state index contributed by atoms with van der Waals surface area (Å²) < 4.78 is 32.4. The van der Waals surface area contributed by atoms with Crippen LogP contribution in [0.1, 0.15) is 27.2 Å². The van der Waals surface area contributed by atoms with Gasteiger partial charge in [0.2, 0.25) is 15.9 Å². The second-order valence-corrected chi connectivity index (χ2v) is 7.89. The quantitative estimate of drug-likeness (QED) is 0.715. The molecule has 7 nitrogen and oxygen atoms in total. The largest absolute Gasteiger partial charge is 0.494 e. The predicted molar refractivity (Wildman–Crippen MR) is 103 cm³/mol. The third-order valence-corrected chi connectivity index (χ3v) is 5.91. The summed E-state index contributed by atoms with van der Waals surface area (Å²) in [5.41, 5.74) is 0. The molecule has 2 N–H and O–H groups in total. The van der Waals surface area contributed by atoms with Crippen LogP contribution in [0.2, 0.25) is 0 Å². The molecule has 0 bridgehead atoms. The Bertz CT molecular complexity index is 682. The molecule has 1 aromatic carbocycles.